The van der Waals surface area contributed by atoms with Gasteiger partial charge in [-0.15, -0.1) is 0 Å². The Morgan fingerprint density at radius 3 is 2.23 bits per heavy atom. The van der Waals surface area contributed by atoms with E-state index in [1.807, 2.05) is 19.0 Å². The molecular weight excluding hydrogens is 406 g/mol. The van der Waals surface area contributed by atoms with Crippen molar-refractivity contribution in [1.82, 2.24) is 15.2 Å². The van der Waals surface area contributed by atoms with Gasteiger partial charge in [0.15, 0.2) is 0 Å². The average Bonchev–Trinajstić information content (AvgIpc) is 3.18. The second-order valence-corrected chi connectivity index (χ2v) is 7.54. The highest BCUT2D eigenvalue weighted by atomic mass is 19.1. The fourth-order valence-corrected chi connectivity index (χ4v) is 4.13. The minimum Gasteiger partial charge on any atom is -0.477 e. The van der Waals surface area contributed by atoms with Crippen molar-refractivity contribution < 1.29 is 18.7 Å². The van der Waals surface area contributed by atoms with Crippen molar-refractivity contribution in [3.63, 3.8) is 0 Å². The second-order valence-electron chi connectivity index (χ2n) is 7.54. The van der Waals surface area contributed by atoms with E-state index in [-0.39, 0.29) is 17.5 Å². The van der Waals surface area contributed by atoms with E-state index in [9.17, 15) is 19.1 Å². The van der Waals surface area contributed by atoms with Crippen LogP contribution in [0.5, 0.6) is 0 Å². The Labute approximate surface area is 176 Å². The smallest absolute Gasteiger partial charge is 0.341 e. The molecule has 2 aromatic carbocycles. The number of rotatable bonds is 5. The van der Waals surface area contributed by atoms with Gasteiger partial charge >= 0.3 is 5.97 Å². The van der Waals surface area contributed by atoms with Gasteiger partial charge in [-0.25, -0.2) is 13.6 Å². The molecular formula is C22H22F2N4O3. The highest BCUT2D eigenvalue weighted by Gasteiger charge is 2.32. The predicted octanol–water partition coefficient (Wildman–Crippen LogP) is 1.96. The first kappa shape index (κ1) is 21.0. The Morgan fingerprint density at radius 2 is 1.68 bits per heavy atom. The van der Waals surface area contributed by atoms with Crippen LogP contribution >= 0.6 is 0 Å². The highest BCUT2D eigenvalue weighted by Crippen LogP contribution is 2.29. The number of benzene rings is 2. The van der Waals surface area contributed by atoms with Crippen molar-refractivity contribution in [1.29, 1.82) is 0 Å². The molecule has 3 N–H and O–H groups in total. The summed E-state index contributed by atoms with van der Waals surface area (Å²) >= 11 is 0. The van der Waals surface area contributed by atoms with Gasteiger partial charge in [-0.2, -0.15) is 0 Å². The van der Waals surface area contributed by atoms with Crippen LogP contribution in [-0.4, -0.2) is 54.9 Å². The summed E-state index contributed by atoms with van der Waals surface area (Å²) in [5.41, 5.74) is -0.158. The van der Waals surface area contributed by atoms with E-state index in [1.165, 1.54) is 35.0 Å². The SMILES string of the molecule is CN[C@@H]1CN(c2cc3c(cc2F)c(=O)c(C(=O)O)cn3-c2ccc(F)cc2)C[C@H]1NC. The lowest BCUT2D eigenvalue weighted by Crippen LogP contribution is -2.43. The number of nitrogens with zero attached hydrogens (tertiary/aromatic N) is 2. The number of carboxylic acids is 1. The molecule has 7 nitrogen and oxygen atoms in total. The van der Waals surface area contributed by atoms with E-state index in [1.54, 1.807) is 6.07 Å². The zero-order chi connectivity index (χ0) is 22.3. The summed E-state index contributed by atoms with van der Waals surface area (Å²) in [6.45, 7) is 1.11. The molecule has 1 aliphatic rings. The molecule has 1 fully saturated rings. The average molecular weight is 428 g/mol. The van der Waals surface area contributed by atoms with Crippen LogP contribution in [0, 0.1) is 11.6 Å². The molecule has 0 radical (unpaired) electrons. The van der Waals surface area contributed by atoms with Gasteiger partial charge in [0.05, 0.1) is 11.2 Å². The first-order valence-corrected chi connectivity index (χ1v) is 9.81. The number of aromatic carboxylic acids is 1. The normalized spacial score (nSPS) is 18.6. The Bertz CT molecular complexity index is 1200. The van der Waals surface area contributed by atoms with Crippen molar-refractivity contribution >= 4 is 22.6 Å². The summed E-state index contributed by atoms with van der Waals surface area (Å²) in [6, 6.07) is 8.25. The molecule has 2 atom stereocenters. The number of halogens is 2. The maximum atomic E-state index is 15.1. The molecule has 9 heteroatoms. The van der Waals surface area contributed by atoms with E-state index in [4.69, 9.17) is 0 Å². The third kappa shape index (κ3) is 3.66. The number of pyridine rings is 1. The van der Waals surface area contributed by atoms with Crippen molar-refractivity contribution in [2.24, 2.45) is 0 Å². The van der Waals surface area contributed by atoms with Crippen molar-refractivity contribution in [3.8, 4) is 5.69 Å². The van der Waals surface area contributed by atoms with Crippen LogP contribution in [0.1, 0.15) is 10.4 Å². The minimum absolute atomic E-state index is 0.0556. The van der Waals surface area contributed by atoms with Crippen LogP contribution in [0.25, 0.3) is 16.6 Å². The molecule has 4 rings (SSSR count). The Balaban J connectivity index is 1.94. The number of hydrogen-bond acceptors (Lipinski definition) is 5. The molecule has 2 heterocycles. The molecule has 0 bridgehead atoms. The molecule has 1 saturated heterocycles. The van der Waals surface area contributed by atoms with Crippen molar-refractivity contribution in [3.05, 3.63) is 70.0 Å². The number of aromatic nitrogens is 1. The summed E-state index contributed by atoms with van der Waals surface area (Å²) in [7, 11) is 3.68. The number of likely N-dealkylation sites (N-methyl/N-ethyl adjacent to an activating group) is 2. The molecule has 0 amide bonds. The number of carbonyl (C=O) groups is 1. The third-order valence-electron chi connectivity index (χ3n) is 5.81. The van der Waals surface area contributed by atoms with Crippen LogP contribution in [-0.2, 0) is 0 Å². The van der Waals surface area contributed by atoms with Crippen LogP contribution in [0.3, 0.4) is 0 Å². The Morgan fingerprint density at radius 1 is 1.06 bits per heavy atom. The van der Waals surface area contributed by atoms with E-state index in [2.05, 4.69) is 10.6 Å². The molecule has 0 saturated carbocycles. The number of hydrogen-bond donors (Lipinski definition) is 3. The fourth-order valence-electron chi connectivity index (χ4n) is 4.13. The predicted molar refractivity (Wildman–Crippen MR) is 114 cm³/mol. The van der Waals surface area contributed by atoms with Gasteiger partial charge in [-0.05, 0) is 50.5 Å². The standard InChI is InChI=1S/C22H22F2N4O3/c1-25-17-10-27(11-18(17)26-2)20-8-19-14(7-16(20)24)21(29)15(22(30)31)9-28(19)13-5-3-12(23)4-6-13/h3-9,17-18,25-26H,10-11H2,1-2H3,(H,30,31)/t17-,18-/m1/s1. The molecule has 0 aliphatic carbocycles. The van der Waals surface area contributed by atoms with Gasteiger partial charge in [-0.3, -0.25) is 4.79 Å². The van der Waals surface area contributed by atoms with E-state index >= 15 is 4.39 Å². The molecule has 1 aliphatic heterocycles. The minimum atomic E-state index is -1.42. The molecule has 31 heavy (non-hydrogen) atoms. The highest BCUT2D eigenvalue weighted by molar-refractivity contribution is 5.94. The van der Waals surface area contributed by atoms with Gasteiger partial charge in [-0.1, -0.05) is 0 Å². The first-order chi connectivity index (χ1) is 14.8. The van der Waals surface area contributed by atoms with Gasteiger partial charge in [0.2, 0.25) is 5.43 Å². The third-order valence-corrected chi connectivity index (χ3v) is 5.81. The zero-order valence-electron chi connectivity index (χ0n) is 17.0. The Hall–Kier alpha value is -3.30. The second kappa shape index (κ2) is 8.09. The summed E-state index contributed by atoms with van der Waals surface area (Å²) in [5, 5.41) is 15.8. The lowest BCUT2D eigenvalue weighted by molar-refractivity contribution is 0.0695. The van der Waals surface area contributed by atoms with Crippen molar-refractivity contribution in [2.75, 3.05) is 32.1 Å². The van der Waals surface area contributed by atoms with Crippen LogP contribution in [0.15, 0.2) is 47.4 Å². The maximum Gasteiger partial charge on any atom is 0.341 e. The van der Waals surface area contributed by atoms with Gasteiger partial charge in [0.1, 0.15) is 17.2 Å². The largest absolute Gasteiger partial charge is 0.477 e. The molecule has 162 valence electrons. The van der Waals surface area contributed by atoms with Crippen LogP contribution in [0.4, 0.5) is 14.5 Å². The molecule has 0 spiro atoms. The van der Waals surface area contributed by atoms with E-state index in [0.29, 0.717) is 30.0 Å². The number of fused-ring (bicyclic) bond motifs is 1. The summed E-state index contributed by atoms with van der Waals surface area (Å²) in [5.74, 6) is -2.47. The van der Waals surface area contributed by atoms with E-state index < -0.39 is 28.6 Å². The fraction of sp³-hybridized carbons (Fsp3) is 0.273. The number of carboxylic acid groups (broad SMARTS) is 1. The Kier molecular flexibility index (Phi) is 5.47. The van der Waals surface area contributed by atoms with Crippen LogP contribution in [0.2, 0.25) is 0 Å². The zero-order valence-corrected chi connectivity index (χ0v) is 17.0. The van der Waals surface area contributed by atoms with Gasteiger partial charge in [0.25, 0.3) is 0 Å². The topological polar surface area (TPSA) is 86.6 Å². The summed E-state index contributed by atoms with van der Waals surface area (Å²) in [6.07, 6.45) is 1.19. The van der Waals surface area contributed by atoms with Gasteiger partial charge < -0.3 is 25.2 Å². The summed E-state index contributed by atoms with van der Waals surface area (Å²) < 4.78 is 30.0. The van der Waals surface area contributed by atoms with E-state index in [0.717, 1.165) is 6.07 Å². The summed E-state index contributed by atoms with van der Waals surface area (Å²) in [4.78, 5) is 26.2. The number of nitrogens with one attached hydrogen (secondary N) is 2. The molecule has 3 aromatic rings. The molecule has 1 aromatic heterocycles. The van der Waals surface area contributed by atoms with Gasteiger partial charge in [0, 0.05) is 42.4 Å². The first-order valence-electron chi connectivity index (χ1n) is 9.81. The monoisotopic (exact) mass is 428 g/mol. The number of anilines is 1. The maximum absolute atomic E-state index is 15.1. The van der Waals surface area contributed by atoms with Crippen molar-refractivity contribution in [2.45, 2.75) is 12.1 Å². The quantitative estimate of drug-likeness (QED) is 0.576. The lowest BCUT2D eigenvalue weighted by atomic mass is 10.1. The van der Waals surface area contributed by atoms with Crippen LogP contribution < -0.4 is 21.0 Å². The molecule has 0 unspecified atom stereocenters. The lowest BCUT2D eigenvalue weighted by Gasteiger charge is -2.21.